The highest BCUT2D eigenvalue weighted by molar-refractivity contribution is 7.80. The first-order chi connectivity index (χ1) is 20.4. The molecule has 1 rings (SSSR count). The zero-order valence-electron chi connectivity index (χ0n) is 26.5. The number of esters is 1. The maximum Gasteiger partial charge on any atom is 0.415 e. The third-order valence-corrected chi connectivity index (χ3v) is 7.12. The molecule has 43 heavy (non-hydrogen) atoms. The van der Waals surface area contributed by atoms with Crippen LogP contribution in [0.15, 0.2) is 18.2 Å². The quantitative estimate of drug-likeness (QED) is 0.0761. The molecule has 0 bridgehead atoms. The molecule has 0 heterocycles. The Hall–Kier alpha value is -2.67. The molecule has 0 saturated heterocycles. The molecule has 0 aliphatic carbocycles. The number of nitrogens with zero attached hydrogens (tertiary/aromatic N) is 3. The van der Waals surface area contributed by atoms with Crippen LogP contribution in [0.3, 0.4) is 0 Å². The highest BCUT2D eigenvalue weighted by atomic mass is 32.1. The van der Waals surface area contributed by atoms with Crippen molar-refractivity contribution in [2.75, 3.05) is 46.5 Å². The average molecular weight is 624 g/mol. The van der Waals surface area contributed by atoms with Gasteiger partial charge in [-0.3, -0.25) is 14.4 Å². The summed E-state index contributed by atoms with van der Waals surface area (Å²) < 4.78 is 11.0. The summed E-state index contributed by atoms with van der Waals surface area (Å²) in [4.78, 5) is 54.1. The predicted molar refractivity (Wildman–Crippen MR) is 172 cm³/mol. The molecule has 1 aromatic rings. The molecule has 0 radical (unpaired) electrons. The Morgan fingerprint density at radius 3 is 2.14 bits per heavy atom. The van der Waals surface area contributed by atoms with Gasteiger partial charge in [-0.15, -0.1) is 0 Å². The number of ketones is 1. The van der Waals surface area contributed by atoms with Crippen LogP contribution in [0.2, 0.25) is 0 Å². The number of rotatable bonds is 22. The maximum atomic E-state index is 12.8. The Labute approximate surface area is 263 Å². The molecule has 244 valence electrons. The summed E-state index contributed by atoms with van der Waals surface area (Å²) in [7, 11) is 5.53. The summed E-state index contributed by atoms with van der Waals surface area (Å²) in [5, 5.41) is 0. The second-order valence-corrected chi connectivity index (χ2v) is 11.7. The summed E-state index contributed by atoms with van der Waals surface area (Å²) in [5.41, 5.74) is 12.3. The number of carbonyl (C=O) groups is 4. The third kappa shape index (κ3) is 17.9. The number of amides is 2. The molecular formula is C31H53N5O6S. The maximum absolute atomic E-state index is 12.8. The van der Waals surface area contributed by atoms with Crippen LogP contribution in [-0.4, -0.2) is 91.1 Å². The molecule has 0 saturated carbocycles. The number of Topliss-reactive ketones (excluding diaryl/α,β-unsaturated/α-hetero) is 1. The van der Waals surface area contributed by atoms with E-state index in [1.54, 1.807) is 30.1 Å². The first-order valence-corrected chi connectivity index (χ1v) is 15.8. The first-order valence-electron chi connectivity index (χ1n) is 15.2. The zero-order valence-corrected chi connectivity index (χ0v) is 27.4. The fourth-order valence-electron chi connectivity index (χ4n) is 4.29. The second-order valence-electron chi connectivity index (χ2n) is 11.2. The van der Waals surface area contributed by atoms with Crippen molar-refractivity contribution in [2.45, 2.75) is 90.4 Å². The van der Waals surface area contributed by atoms with Crippen LogP contribution in [0.5, 0.6) is 5.75 Å². The lowest BCUT2D eigenvalue weighted by atomic mass is 10.1. The Morgan fingerprint density at radius 2 is 1.53 bits per heavy atom. The predicted octanol–water partition coefficient (Wildman–Crippen LogP) is 3.71. The Bertz CT molecular complexity index is 1010. The summed E-state index contributed by atoms with van der Waals surface area (Å²) >= 11 is 4.10. The van der Waals surface area contributed by atoms with E-state index < -0.39 is 18.2 Å². The van der Waals surface area contributed by atoms with E-state index in [-0.39, 0.29) is 31.3 Å². The lowest BCUT2D eigenvalue weighted by Crippen LogP contribution is -2.35. The van der Waals surface area contributed by atoms with Gasteiger partial charge >= 0.3 is 12.1 Å². The van der Waals surface area contributed by atoms with Crippen LogP contribution >= 0.6 is 12.6 Å². The fraction of sp³-hybridized carbons (Fsp3) is 0.677. The van der Waals surface area contributed by atoms with Crippen LogP contribution in [0, 0.1) is 0 Å². The molecule has 2 amide bonds. The third-order valence-electron chi connectivity index (χ3n) is 6.90. The number of hydrogen-bond donors (Lipinski definition) is 3. The summed E-state index contributed by atoms with van der Waals surface area (Å²) in [6, 6.07) is 5.17. The van der Waals surface area contributed by atoms with Crippen molar-refractivity contribution in [3.8, 4) is 5.75 Å². The number of ether oxygens (including phenoxy) is 2. The lowest BCUT2D eigenvalue weighted by molar-refractivity contribution is -0.145. The topological polar surface area (TPSA) is 149 Å². The second kappa shape index (κ2) is 21.9. The minimum atomic E-state index is -0.794. The lowest BCUT2D eigenvalue weighted by Gasteiger charge is -2.24. The highest BCUT2D eigenvalue weighted by Crippen LogP contribution is 2.24. The number of thiol groups is 1. The molecule has 12 heteroatoms. The molecule has 0 aromatic heterocycles. The van der Waals surface area contributed by atoms with Gasteiger partial charge in [0.2, 0.25) is 5.91 Å². The number of hydrogen-bond acceptors (Lipinski definition) is 10. The molecule has 11 nitrogen and oxygen atoms in total. The summed E-state index contributed by atoms with van der Waals surface area (Å²) in [6.07, 6.45) is 6.86. The molecule has 0 atom stereocenters. The number of unbranched alkanes of at least 4 members (excludes halogenated alkanes) is 6. The van der Waals surface area contributed by atoms with Gasteiger partial charge in [0.15, 0.2) is 0 Å². The molecule has 0 fully saturated rings. The van der Waals surface area contributed by atoms with E-state index in [1.165, 1.54) is 11.8 Å². The van der Waals surface area contributed by atoms with Crippen LogP contribution < -0.4 is 16.2 Å². The number of likely N-dealkylation sites (N-methyl/N-ethyl adjacent to an activating group) is 2. The summed E-state index contributed by atoms with van der Waals surface area (Å²) in [5.74, 6) is 0.654. The van der Waals surface area contributed by atoms with Crippen molar-refractivity contribution in [1.29, 1.82) is 0 Å². The van der Waals surface area contributed by atoms with Gasteiger partial charge < -0.3 is 35.6 Å². The number of carbonyl (C=O) groups excluding carboxylic acids is 4. The van der Waals surface area contributed by atoms with Gasteiger partial charge in [0.1, 0.15) is 18.1 Å². The van der Waals surface area contributed by atoms with Crippen molar-refractivity contribution in [3.63, 3.8) is 0 Å². The minimum Gasteiger partial charge on any atom is -0.461 e. The molecule has 4 N–H and O–H groups in total. The molecular weight excluding hydrogens is 570 g/mol. The van der Waals surface area contributed by atoms with E-state index in [0.29, 0.717) is 55.1 Å². The van der Waals surface area contributed by atoms with Gasteiger partial charge in [0.05, 0.1) is 12.6 Å². The van der Waals surface area contributed by atoms with E-state index in [4.69, 9.17) is 20.9 Å². The van der Waals surface area contributed by atoms with Gasteiger partial charge in [0.25, 0.3) is 0 Å². The monoisotopic (exact) mass is 623 g/mol. The smallest absolute Gasteiger partial charge is 0.415 e. The first kappa shape index (κ1) is 38.4. The van der Waals surface area contributed by atoms with Crippen molar-refractivity contribution in [2.24, 2.45) is 11.5 Å². The van der Waals surface area contributed by atoms with Crippen LogP contribution in [0.4, 0.5) is 4.79 Å². The van der Waals surface area contributed by atoms with Gasteiger partial charge in [0, 0.05) is 58.6 Å². The normalized spacial score (nSPS) is 11.1. The van der Waals surface area contributed by atoms with Crippen molar-refractivity contribution < 1.29 is 28.7 Å². The molecule has 0 aliphatic heterocycles. The van der Waals surface area contributed by atoms with E-state index in [2.05, 4.69) is 12.6 Å². The molecule has 1 aromatic carbocycles. The SMILES string of the molecule is CC(=O)N(CCCCCCCCCC(=O)CCS)Cc1cc(COC(=O)CC(N)N)ccc1OC(=O)N(C)CCN(C)C. The van der Waals surface area contributed by atoms with Crippen molar-refractivity contribution in [1.82, 2.24) is 14.7 Å². The van der Waals surface area contributed by atoms with Crippen molar-refractivity contribution >= 4 is 36.4 Å². The van der Waals surface area contributed by atoms with Crippen LogP contribution in [0.1, 0.15) is 82.3 Å². The average Bonchev–Trinajstić information content (AvgIpc) is 2.93. The largest absolute Gasteiger partial charge is 0.461 e. The highest BCUT2D eigenvalue weighted by Gasteiger charge is 2.18. The van der Waals surface area contributed by atoms with Gasteiger partial charge in [-0.25, -0.2) is 4.79 Å². The van der Waals surface area contributed by atoms with Crippen LogP contribution in [0.25, 0.3) is 0 Å². The molecule has 0 aliphatic rings. The van der Waals surface area contributed by atoms with Gasteiger partial charge in [-0.1, -0.05) is 38.2 Å². The van der Waals surface area contributed by atoms with E-state index in [9.17, 15) is 19.2 Å². The minimum absolute atomic E-state index is 0.00105. The Morgan fingerprint density at radius 1 is 0.884 bits per heavy atom. The standard InChI is InChI=1S/C31H53N5O6S/c1-24(37)36(16-11-9-7-5-6-8-10-12-27(38)15-19-43)22-26-20-25(23-41-30(39)21-29(32)33)13-14-28(26)42-31(40)35(4)18-17-34(2)3/h13-14,20,29,43H,5-12,15-19,21-23,32-33H2,1-4H3. The fourth-order valence-corrected chi connectivity index (χ4v) is 4.54. The van der Waals surface area contributed by atoms with Gasteiger partial charge in [-0.2, -0.15) is 12.6 Å². The summed E-state index contributed by atoms with van der Waals surface area (Å²) in [6.45, 7) is 3.51. The number of benzene rings is 1. The van der Waals surface area contributed by atoms with E-state index in [0.717, 1.165) is 44.9 Å². The Balaban J connectivity index is 2.80. The van der Waals surface area contributed by atoms with Crippen LogP contribution in [-0.2, 0) is 32.3 Å². The van der Waals surface area contributed by atoms with E-state index in [1.807, 2.05) is 19.0 Å². The zero-order chi connectivity index (χ0) is 32.2. The van der Waals surface area contributed by atoms with Crippen molar-refractivity contribution in [3.05, 3.63) is 29.3 Å². The molecule has 0 unspecified atom stereocenters. The van der Waals surface area contributed by atoms with Gasteiger partial charge in [-0.05, 0) is 50.4 Å². The number of nitrogens with two attached hydrogens (primary N) is 2. The Kier molecular flexibility index (Phi) is 19.6. The molecule has 0 spiro atoms. The van der Waals surface area contributed by atoms with E-state index >= 15 is 0 Å².